The van der Waals surface area contributed by atoms with Gasteiger partial charge in [0.15, 0.2) is 0 Å². The Labute approximate surface area is 212 Å². The second kappa shape index (κ2) is 11.8. The maximum atomic E-state index is 12.6. The Balaban J connectivity index is 1.63. The van der Waals surface area contributed by atoms with Gasteiger partial charge in [0.25, 0.3) is 5.91 Å². The number of ether oxygens (including phenoxy) is 3. The summed E-state index contributed by atoms with van der Waals surface area (Å²) >= 11 is 0. The SMILES string of the molecule is COc1ccc(N(Cc2ccc(C(=O)NCCOc3ccc(C)c(C)c3)cc2)S(C)(=O)=O)c(OC)c1. The molecule has 3 rings (SSSR count). The van der Waals surface area contributed by atoms with Crippen LogP contribution in [0.2, 0.25) is 0 Å². The fraction of sp³-hybridized carbons (Fsp3) is 0.296. The monoisotopic (exact) mass is 512 g/mol. The first-order valence-corrected chi connectivity index (χ1v) is 13.2. The molecule has 192 valence electrons. The predicted octanol–water partition coefficient (Wildman–Crippen LogP) is 4.10. The number of amides is 1. The number of carbonyl (C=O) groups is 1. The highest BCUT2D eigenvalue weighted by molar-refractivity contribution is 7.92. The van der Waals surface area contributed by atoms with Crippen LogP contribution in [0, 0.1) is 13.8 Å². The molecule has 0 radical (unpaired) electrons. The maximum absolute atomic E-state index is 12.6. The Morgan fingerprint density at radius 1 is 0.889 bits per heavy atom. The molecule has 8 nitrogen and oxygen atoms in total. The van der Waals surface area contributed by atoms with Crippen LogP contribution in [0.15, 0.2) is 60.7 Å². The van der Waals surface area contributed by atoms with E-state index in [2.05, 4.69) is 5.32 Å². The number of carbonyl (C=O) groups excluding carboxylic acids is 1. The number of aryl methyl sites for hydroxylation is 2. The summed E-state index contributed by atoms with van der Waals surface area (Å²) in [5, 5.41) is 2.83. The second-order valence-electron chi connectivity index (χ2n) is 8.35. The van der Waals surface area contributed by atoms with E-state index in [0.29, 0.717) is 41.5 Å². The summed E-state index contributed by atoms with van der Waals surface area (Å²) < 4.78 is 42.7. The van der Waals surface area contributed by atoms with E-state index < -0.39 is 10.0 Å². The van der Waals surface area contributed by atoms with Crippen LogP contribution in [0.4, 0.5) is 5.69 Å². The summed E-state index contributed by atoms with van der Waals surface area (Å²) in [5.74, 6) is 1.46. The molecular weight excluding hydrogens is 480 g/mol. The van der Waals surface area contributed by atoms with Crippen molar-refractivity contribution in [2.45, 2.75) is 20.4 Å². The molecule has 0 fully saturated rings. The molecule has 1 amide bonds. The molecular formula is C27H32N2O6S. The van der Waals surface area contributed by atoms with E-state index in [9.17, 15) is 13.2 Å². The molecule has 0 bridgehead atoms. The standard InChI is InChI=1S/C27H32N2O6S/c1-19-6-11-24(16-20(19)2)35-15-14-28-27(30)22-9-7-21(8-10-22)18-29(36(5,31)32)25-13-12-23(33-3)17-26(25)34-4/h6-13,16-17H,14-15,18H2,1-5H3,(H,28,30). The van der Waals surface area contributed by atoms with Crippen molar-refractivity contribution in [1.29, 1.82) is 0 Å². The zero-order valence-electron chi connectivity index (χ0n) is 21.2. The number of benzene rings is 3. The predicted molar refractivity (Wildman–Crippen MR) is 141 cm³/mol. The summed E-state index contributed by atoms with van der Waals surface area (Å²) in [5.41, 5.74) is 3.93. The minimum atomic E-state index is -3.62. The van der Waals surface area contributed by atoms with E-state index in [4.69, 9.17) is 14.2 Å². The van der Waals surface area contributed by atoms with Crippen molar-refractivity contribution in [3.8, 4) is 17.2 Å². The molecule has 9 heteroatoms. The Morgan fingerprint density at radius 3 is 2.19 bits per heavy atom. The molecule has 36 heavy (non-hydrogen) atoms. The second-order valence-corrected chi connectivity index (χ2v) is 10.3. The van der Waals surface area contributed by atoms with Gasteiger partial charge in [-0.25, -0.2) is 8.42 Å². The van der Waals surface area contributed by atoms with Crippen molar-refractivity contribution in [2.75, 3.05) is 37.9 Å². The average molecular weight is 513 g/mol. The van der Waals surface area contributed by atoms with E-state index in [1.807, 2.05) is 32.0 Å². The van der Waals surface area contributed by atoms with Gasteiger partial charge in [0.05, 0.1) is 39.3 Å². The zero-order chi connectivity index (χ0) is 26.3. The lowest BCUT2D eigenvalue weighted by Crippen LogP contribution is -2.30. The number of nitrogens with zero attached hydrogens (tertiary/aromatic N) is 1. The molecule has 0 spiro atoms. The van der Waals surface area contributed by atoms with E-state index in [0.717, 1.165) is 17.6 Å². The van der Waals surface area contributed by atoms with Crippen LogP contribution in [-0.4, -0.2) is 48.0 Å². The summed E-state index contributed by atoms with van der Waals surface area (Å²) in [6.07, 6.45) is 1.14. The Morgan fingerprint density at radius 2 is 1.58 bits per heavy atom. The van der Waals surface area contributed by atoms with Crippen molar-refractivity contribution in [2.24, 2.45) is 0 Å². The first kappa shape index (κ1) is 26.9. The van der Waals surface area contributed by atoms with E-state index >= 15 is 0 Å². The van der Waals surface area contributed by atoms with Crippen LogP contribution < -0.4 is 23.8 Å². The van der Waals surface area contributed by atoms with Gasteiger partial charge in [-0.15, -0.1) is 0 Å². The topological polar surface area (TPSA) is 94.2 Å². The van der Waals surface area contributed by atoms with E-state index in [1.54, 1.807) is 42.5 Å². The van der Waals surface area contributed by atoms with Gasteiger partial charge in [0.1, 0.15) is 23.9 Å². The van der Waals surface area contributed by atoms with Crippen LogP contribution in [0.1, 0.15) is 27.0 Å². The molecule has 3 aromatic rings. The van der Waals surface area contributed by atoms with Crippen molar-refractivity contribution in [1.82, 2.24) is 5.32 Å². The lowest BCUT2D eigenvalue weighted by Gasteiger charge is -2.24. The maximum Gasteiger partial charge on any atom is 0.251 e. The van der Waals surface area contributed by atoms with Crippen molar-refractivity contribution in [3.63, 3.8) is 0 Å². The zero-order valence-corrected chi connectivity index (χ0v) is 22.0. The molecule has 0 aliphatic heterocycles. The molecule has 0 saturated carbocycles. The lowest BCUT2D eigenvalue weighted by molar-refractivity contribution is 0.0947. The van der Waals surface area contributed by atoms with E-state index in [1.165, 1.54) is 24.1 Å². The third-order valence-electron chi connectivity index (χ3n) is 5.73. The normalized spacial score (nSPS) is 11.0. The third-order valence-corrected chi connectivity index (χ3v) is 6.86. The van der Waals surface area contributed by atoms with Gasteiger partial charge in [0, 0.05) is 11.6 Å². The summed E-state index contributed by atoms with van der Waals surface area (Å²) in [6.45, 7) is 4.84. The van der Waals surface area contributed by atoms with Crippen molar-refractivity contribution in [3.05, 3.63) is 82.9 Å². The molecule has 0 saturated heterocycles. The van der Waals surface area contributed by atoms with Gasteiger partial charge in [-0.3, -0.25) is 9.10 Å². The van der Waals surface area contributed by atoms with Crippen LogP contribution >= 0.6 is 0 Å². The number of hydrogen-bond acceptors (Lipinski definition) is 6. The number of nitrogens with one attached hydrogen (secondary N) is 1. The van der Waals surface area contributed by atoms with Crippen LogP contribution in [0.3, 0.4) is 0 Å². The van der Waals surface area contributed by atoms with Gasteiger partial charge in [-0.2, -0.15) is 0 Å². The molecule has 1 N–H and O–H groups in total. The number of methoxy groups -OCH3 is 2. The molecule has 0 heterocycles. The highest BCUT2D eigenvalue weighted by Gasteiger charge is 2.22. The fourth-order valence-electron chi connectivity index (χ4n) is 3.54. The van der Waals surface area contributed by atoms with Gasteiger partial charge in [0.2, 0.25) is 10.0 Å². The number of anilines is 1. The number of rotatable bonds is 11. The summed E-state index contributed by atoms with van der Waals surface area (Å²) in [7, 11) is -0.621. The third kappa shape index (κ3) is 6.91. The molecule has 0 aromatic heterocycles. The fourth-order valence-corrected chi connectivity index (χ4v) is 4.43. The summed E-state index contributed by atoms with van der Waals surface area (Å²) in [6, 6.07) is 17.6. The molecule has 0 aliphatic carbocycles. The van der Waals surface area contributed by atoms with Crippen LogP contribution in [0.5, 0.6) is 17.2 Å². The Kier molecular flexibility index (Phi) is 8.82. The molecule has 0 aliphatic rings. The Hall–Kier alpha value is -3.72. The van der Waals surface area contributed by atoms with E-state index in [-0.39, 0.29) is 12.5 Å². The minimum Gasteiger partial charge on any atom is -0.497 e. The van der Waals surface area contributed by atoms with Gasteiger partial charge in [-0.05, 0) is 66.9 Å². The Bertz CT molecular complexity index is 1310. The van der Waals surface area contributed by atoms with Gasteiger partial charge >= 0.3 is 0 Å². The van der Waals surface area contributed by atoms with Crippen LogP contribution in [0.25, 0.3) is 0 Å². The number of sulfonamides is 1. The van der Waals surface area contributed by atoms with Crippen molar-refractivity contribution >= 4 is 21.6 Å². The summed E-state index contributed by atoms with van der Waals surface area (Å²) in [4.78, 5) is 12.5. The molecule has 0 unspecified atom stereocenters. The average Bonchev–Trinajstić information content (AvgIpc) is 2.86. The quantitative estimate of drug-likeness (QED) is 0.389. The highest BCUT2D eigenvalue weighted by Crippen LogP contribution is 2.34. The highest BCUT2D eigenvalue weighted by atomic mass is 32.2. The first-order chi connectivity index (χ1) is 17.1. The largest absolute Gasteiger partial charge is 0.497 e. The first-order valence-electron chi connectivity index (χ1n) is 11.4. The van der Waals surface area contributed by atoms with Crippen LogP contribution in [-0.2, 0) is 16.6 Å². The van der Waals surface area contributed by atoms with Gasteiger partial charge in [-0.1, -0.05) is 18.2 Å². The lowest BCUT2D eigenvalue weighted by atomic mass is 10.1. The number of hydrogen-bond donors (Lipinski definition) is 1. The van der Waals surface area contributed by atoms with Gasteiger partial charge < -0.3 is 19.5 Å². The van der Waals surface area contributed by atoms with Crippen molar-refractivity contribution < 1.29 is 27.4 Å². The molecule has 0 atom stereocenters. The molecule has 3 aromatic carbocycles. The smallest absolute Gasteiger partial charge is 0.251 e. The minimum absolute atomic E-state index is 0.0766.